The molecule has 0 saturated carbocycles. The first-order valence-corrected chi connectivity index (χ1v) is 5.87. The summed E-state index contributed by atoms with van der Waals surface area (Å²) in [5, 5.41) is 0. The predicted molar refractivity (Wildman–Crippen MR) is 74.6 cm³/mol. The lowest BCUT2D eigenvalue weighted by Crippen LogP contribution is -2.16. The van der Waals surface area contributed by atoms with Crippen molar-refractivity contribution < 1.29 is 4.74 Å². The van der Waals surface area contributed by atoms with Gasteiger partial charge < -0.3 is 10.5 Å². The first-order chi connectivity index (χ1) is 6.95. The second kappa shape index (κ2) is 6.48. The minimum absolute atomic E-state index is 0. The molecule has 0 aromatic heterocycles. The number of hydrogen-bond acceptors (Lipinski definition) is 2. The zero-order valence-corrected chi connectivity index (χ0v) is 12.3. The molecule has 1 aromatic carbocycles. The number of rotatable bonds is 3. The minimum atomic E-state index is 0. The van der Waals surface area contributed by atoms with Crippen LogP contribution in [0.3, 0.4) is 0 Å². The number of ether oxygens (including phenoxy) is 1. The smallest absolute Gasteiger partial charge is 0.123 e. The van der Waals surface area contributed by atoms with Crippen LogP contribution in [0.1, 0.15) is 26.3 Å². The van der Waals surface area contributed by atoms with E-state index in [0.29, 0.717) is 13.2 Å². The Kier molecular flexibility index (Phi) is 6.38. The van der Waals surface area contributed by atoms with Crippen molar-refractivity contribution in [2.75, 3.05) is 13.2 Å². The van der Waals surface area contributed by atoms with Crippen molar-refractivity contribution in [3.8, 4) is 5.75 Å². The van der Waals surface area contributed by atoms with Crippen LogP contribution in [0.25, 0.3) is 0 Å². The Bertz CT molecular complexity index is 336. The van der Waals surface area contributed by atoms with Crippen molar-refractivity contribution >= 4 is 28.3 Å². The fourth-order valence-electron chi connectivity index (χ4n) is 1.38. The lowest BCUT2D eigenvalue weighted by Gasteiger charge is -2.23. The second-order valence-electron chi connectivity index (χ2n) is 4.53. The first-order valence-electron chi connectivity index (χ1n) is 5.08. The van der Waals surface area contributed by atoms with Crippen molar-refractivity contribution in [2.24, 2.45) is 5.73 Å². The van der Waals surface area contributed by atoms with E-state index >= 15 is 0 Å². The molecule has 0 saturated heterocycles. The van der Waals surface area contributed by atoms with Gasteiger partial charge in [-0.15, -0.1) is 12.4 Å². The summed E-state index contributed by atoms with van der Waals surface area (Å²) in [7, 11) is 0. The predicted octanol–water partition coefficient (Wildman–Crippen LogP) is 3.51. The normalized spacial score (nSPS) is 10.8. The van der Waals surface area contributed by atoms with E-state index in [2.05, 4.69) is 42.8 Å². The lowest BCUT2D eigenvalue weighted by molar-refractivity contribution is 0.319. The van der Waals surface area contributed by atoms with Crippen LogP contribution < -0.4 is 10.5 Å². The maximum absolute atomic E-state index is 5.62. The summed E-state index contributed by atoms with van der Waals surface area (Å²) in [6.45, 7) is 7.61. The Morgan fingerprint density at radius 3 is 2.44 bits per heavy atom. The van der Waals surface area contributed by atoms with Crippen molar-refractivity contribution in [1.29, 1.82) is 0 Å². The molecule has 0 aliphatic carbocycles. The average molecular weight is 309 g/mol. The molecule has 0 aliphatic rings. The molecule has 0 amide bonds. The van der Waals surface area contributed by atoms with E-state index < -0.39 is 0 Å². The number of hydrogen-bond donors (Lipinski definition) is 1. The Morgan fingerprint density at radius 1 is 1.31 bits per heavy atom. The molecule has 0 aliphatic heterocycles. The van der Waals surface area contributed by atoms with Crippen LogP contribution in [-0.4, -0.2) is 13.2 Å². The van der Waals surface area contributed by atoms with Gasteiger partial charge >= 0.3 is 0 Å². The van der Waals surface area contributed by atoms with E-state index in [9.17, 15) is 0 Å². The van der Waals surface area contributed by atoms with Crippen LogP contribution >= 0.6 is 28.3 Å². The van der Waals surface area contributed by atoms with Crippen molar-refractivity contribution in [3.05, 3.63) is 28.2 Å². The Morgan fingerprint density at radius 2 is 1.94 bits per heavy atom. The molecule has 1 aromatic rings. The molecule has 0 spiro atoms. The highest BCUT2D eigenvalue weighted by Gasteiger charge is 2.19. The van der Waals surface area contributed by atoms with Gasteiger partial charge in [-0.1, -0.05) is 36.7 Å². The van der Waals surface area contributed by atoms with Gasteiger partial charge in [0.2, 0.25) is 0 Å². The van der Waals surface area contributed by atoms with Gasteiger partial charge in [0.1, 0.15) is 12.4 Å². The Hall–Kier alpha value is -0.250. The summed E-state index contributed by atoms with van der Waals surface area (Å²) in [5.41, 5.74) is 6.71. The monoisotopic (exact) mass is 307 g/mol. The van der Waals surface area contributed by atoms with Crippen LogP contribution in [-0.2, 0) is 5.41 Å². The molecule has 1 rings (SSSR count). The number of nitrogens with two attached hydrogens (primary N) is 1. The van der Waals surface area contributed by atoms with Gasteiger partial charge in [0.05, 0.1) is 0 Å². The van der Waals surface area contributed by atoms with Gasteiger partial charge in [-0.2, -0.15) is 0 Å². The fraction of sp³-hybridized carbons (Fsp3) is 0.500. The van der Waals surface area contributed by atoms with E-state index in [1.54, 1.807) is 0 Å². The minimum Gasteiger partial charge on any atom is -0.492 e. The van der Waals surface area contributed by atoms with E-state index in [1.165, 1.54) is 5.56 Å². The molecule has 2 N–H and O–H groups in total. The van der Waals surface area contributed by atoms with E-state index in [-0.39, 0.29) is 17.8 Å². The second-order valence-corrected chi connectivity index (χ2v) is 5.44. The van der Waals surface area contributed by atoms with Gasteiger partial charge in [0.25, 0.3) is 0 Å². The van der Waals surface area contributed by atoms with Gasteiger partial charge in [0.15, 0.2) is 0 Å². The molecule has 92 valence electrons. The molecular formula is C12H19BrClNO. The zero-order chi connectivity index (χ0) is 11.5. The number of halogens is 2. The summed E-state index contributed by atoms with van der Waals surface area (Å²) in [4.78, 5) is 0. The third-order valence-corrected chi connectivity index (χ3v) is 2.62. The van der Waals surface area contributed by atoms with Crippen LogP contribution in [0.2, 0.25) is 0 Å². The molecule has 2 nitrogen and oxygen atoms in total. The van der Waals surface area contributed by atoms with E-state index in [1.807, 2.05) is 12.1 Å². The van der Waals surface area contributed by atoms with Crippen molar-refractivity contribution in [1.82, 2.24) is 0 Å². The quantitative estimate of drug-likeness (QED) is 0.927. The van der Waals surface area contributed by atoms with Crippen LogP contribution in [0.5, 0.6) is 5.75 Å². The molecule has 0 unspecified atom stereocenters. The molecule has 0 atom stereocenters. The maximum atomic E-state index is 5.62. The van der Waals surface area contributed by atoms with Gasteiger partial charge in [-0.25, -0.2) is 0 Å². The molecule has 4 heteroatoms. The summed E-state index contributed by atoms with van der Waals surface area (Å²) in [6, 6.07) is 6.08. The first kappa shape index (κ1) is 15.8. The summed E-state index contributed by atoms with van der Waals surface area (Å²) < 4.78 is 6.70. The third kappa shape index (κ3) is 4.32. The Balaban J connectivity index is 0.00000225. The molecular weight excluding hydrogens is 289 g/mol. The van der Waals surface area contributed by atoms with E-state index in [4.69, 9.17) is 10.5 Å². The summed E-state index contributed by atoms with van der Waals surface area (Å²) in [6.07, 6.45) is 0. The van der Waals surface area contributed by atoms with Gasteiger partial charge in [0, 0.05) is 16.6 Å². The molecule has 0 fully saturated rings. The molecule has 0 radical (unpaired) electrons. The van der Waals surface area contributed by atoms with Crippen molar-refractivity contribution in [2.45, 2.75) is 26.2 Å². The largest absolute Gasteiger partial charge is 0.492 e. The van der Waals surface area contributed by atoms with E-state index in [0.717, 1.165) is 10.2 Å². The van der Waals surface area contributed by atoms with Gasteiger partial charge in [-0.05, 0) is 23.6 Å². The fourth-order valence-corrected chi connectivity index (χ4v) is 1.74. The third-order valence-electron chi connectivity index (χ3n) is 2.13. The standard InChI is InChI=1S/C12H18BrNO.ClH/c1-12(2,3)10-8-9(13)4-5-11(10)15-7-6-14;/h4-5,8H,6-7,14H2,1-3H3;1H. The molecule has 0 bridgehead atoms. The maximum Gasteiger partial charge on any atom is 0.123 e. The Labute approximate surface area is 112 Å². The van der Waals surface area contributed by atoms with Crippen LogP contribution in [0.4, 0.5) is 0 Å². The topological polar surface area (TPSA) is 35.2 Å². The summed E-state index contributed by atoms with van der Waals surface area (Å²) >= 11 is 3.48. The highest BCUT2D eigenvalue weighted by Crippen LogP contribution is 2.33. The molecule has 0 heterocycles. The SMILES string of the molecule is CC(C)(C)c1cc(Br)ccc1OCCN.Cl. The highest BCUT2D eigenvalue weighted by atomic mass is 79.9. The van der Waals surface area contributed by atoms with Crippen LogP contribution in [0.15, 0.2) is 22.7 Å². The van der Waals surface area contributed by atoms with Crippen molar-refractivity contribution in [3.63, 3.8) is 0 Å². The lowest BCUT2D eigenvalue weighted by atomic mass is 9.86. The average Bonchev–Trinajstić information content (AvgIpc) is 2.14. The van der Waals surface area contributed by atoms with Crippen LogP contribution in [0, 0.1) is 0 Å². The number of benzene rings is 1. The highest BCUT2D eigenvalue weighted by molar-refractivity contribution is 9.10. The zero-order valence-electron chi connectivity index (χ0n) is 9.92. The summed E-state index contributed by atoms with van der Waals surface area (Å²) in [5.74, 6) is 0.927. The van der Waals surface area contributed by atoms with Gasteiger partial charge in [-0.3, -0.25) is 0 Å². The molecule has 16 heavy (non-hydrogen) atoms.